The van der Waals surface area contributed by atoms with Crippen molar-refractivity contribution in [1.82, 2.24) is 0 Å². The number of nitrogens with two attached hydrogens (primary N) is 1. The van der Waals surface area contributed by atoms with Gasteiger partial charge in [-0.15, -0.1) is 25.6 Å². The molecule has 0 atom stereocenters. The molecule has 0 aromatic heterocycles. The Morgan fingerprint density at radius 2 is 1.90 bits per heavy atom. The summed E-state index contributed by atoms with van der Waals surface area (Å²) < 4.78 is 40.1. The van der Waals surface area contributed by atoms with Crippen LogP contribution in [-0.2, 0) is 4.79 Å². The average Bonchev–Trinajstić information content (AvgIpc) is 2.76. The third-order valence-electron chi connectivity index (χ3n) is 3.27. The summed E-state index contributed by atoms with van der Waals surface area (Å²) in [6, 6.07) is 5.13. The van der Waals surface area contributed by atoms with Gasteiger partial charge in [-0.2, -0.15) is 0 Å². The Balaban J connectivity index is 0.00000220. The molecule has 0 bridgehead atoms. The van der Waals surface area contributed by atoms with Crippen molar-refractivity contribution < 1.29 is 22.7 Å². The van der Waals surface area contributed by atoms with Gasteiger partial charge in [0.2, 0.25) is 5.91 Å². The van der Waals surface area contributed by atoms with Gasteiger partial charge in [0.1, 0.15) is 5.75 Å². The van der Waals surface area contributed by atoms with Crippen molar-refractivity contribution in [2.45, 2.75) is 37.6 Å². The number of benzene rings is 1. The number of ether oxygens (including phenoxy) is 1. The fraction of sp³-hybridized carbons (Fsp3) is 0.462. The van der Waals surface area contributed by atoms with E-state index in [9.17, 15) is 18.0 Å². The number of anilines is 1. The lowest BCUT2D eigenvalue weighted by molar-refractivity contribution is -0.274. The molecule has 0 aliphatic heterocycles. The first kappa shape index (κ1) is 17.6. The van der Waals surface area contributed by atoms with Crippen molar-refractivity contribution in [2.24, 2.45) is 5.73 Å². The van der Waals surface area contributed by atoms with E-state index in [-0.39, 0.29) is 29.8 Å². The number of halogens is 4. The fourth-order valence-electron chi connectivity index (χ4n) is 2.26. The van der Waals surface area contributed by atoms with Crippen molar-refractivity contribution in [2.75, 3.05) is 5.32 Å². The minimum Gasteiger partial charge on any atom is -0.406 e. The molecule has 1 aromatic rings. The number of rotatable bonds is 3. The molecule has 4 nitrogen and oxygen atoms in total. The molecule has 1 saturated carbocycles. The van der Waals surface area contributed by atoms with Crippen LogP contribution >= 0.6 is 12.4 Å². The summed E-state index contributed by atoms with van der Waals surface area (Å²) in [7, 11) is 0. The highest BCUT2D eigenvalue weighted by atomic mass is 35.5. The summed E-state index contributed by atoms with van der Waals surface area (Å²) in [6.07, 6.45) is -1.85. The minimum atomic E-state index is -4.76. The molecule has 1 fully saturated rings. The Hall–Kier alpha value is -1.47. The van der Waals surface area contributed by atoms with Crippen LogP contribution in [0, 0.1) is 0 Å². The molecule has 0 saturated heterocycles. The molecule has 1 aromatic carbocycles. The summed E-state index contributed by atoms with van der Waals surface area (Å²) in [4.78, 5) is 12.0. The number of nitrogens with one attached hydrogen (secondary N) is 1. The van der Waals surface area contributed by atoms with Gasteiger partial charge >= 0.3 is 6.36 Å². The smallest absolute Gasteiger partial charge is 0.406 e. The number of hydrogen-bond donors (Lipinski definition) is 2. The molecule has 0 spiro atoms. The summed E-state index contributed by atoms with van der Waals surface area (Å²) in [6.45, 7) is 0. The average molecular weight is 325 g/mol. The van der Waals surface area contributed by atoms with E-state index in [1.807, 2.05) is 0 Å². The van der Waals surface area contributed by atoms with Gasteiger partial charge in [0, 0.05) is 11.8 Å². The second-order valence-electron chi connectivity index (χ2n) is 4.89. The Labute approximate surface area is 126 Å². The van der Waals surface area contributed by atoms with Crippen LogP contribution in [0.2, 0.25) is 0 Å². The van der Waals surface area contributed by atoms with Crippen LogP contribution in [0.4, 0.5) is 18.9 Å². The quantitative estimate of drug-likeness (QED) is 0.897. The zero-order valence-corrected chi connectivity index (χ0v) is 11.9. The van der Waals surface area contributed by atoms with Crippen molar-refractivity contribution in [3.63, 3.8) is 0 Å². The molecule has 2 rings (SSSR count). The molecule has 0 radical (unpaired) electrons. The highest BCUT2D eigenvalue weighted by molar-refractivity contribution is 5.98. The summed E-state index contributed by atoms with van der Waals surface area (Å²) in [5.41, 5.74) is 5.27. The minimum absolute atomic E-state index is 0. The third-order valence-corrected chi connectivity index (χ3v) is 3.27. The number of alkyl halides is 3. The van der Waals surface area contributed by atoms with E-state index >= 15 is 0 Å². The van der Waals surface area contributed by atoms with Crippen LogP contribution in [0.1, 0.15) is 25.7 Å². The Morgan fingerprint density at radius 3 is 2.48 bits per heavy atom. The maximum Gasteiger partial charge on any atom is 0.573 e. The predicted molar refractivity (Wildman–Crippen MR) is 74.4 cm³/mol. The normalized spacial score (nSPS) is 17.0. The molecule has 1 amide bonds. The lowest BCUT2D eigenvalue weighted by Gasteiger charge is -2.22. The second kappa shape index (κ2) is 6.53. The Bertz CT molecular complexity index is 502. The van der Waals surface area contributed by atoms with Gasteiger partial charge in [-0.25, -0.2) is 0 Å². The number of hydrogen-bond acceptors (Lipinski definition) is 3. The topological polar surface area (TPSA) is 64.4 Å². The first-order chi connectivity index (χ1) is 9.28. The summed E-state index contributed by atoms with van der Waals surface area (Å²) in [5.74, 6) is -0.757. The molecule has 21 heavy (non-hydrogen) atoms. The van der Waals surface area contributed by atoms with Crippen molar-refractivity contribution in [3.8, 4) is 5.75 Å². The van der Waals surface area contributed by atoms with Gasteiger partial charge < -0.3 is 15.8 Å². The van der Waals surface area contributed by atoms with E-state index in [4.69, 9.17) is 5.73 Å². The molecular weight excluding hydrogens is 309 g/mol. The van der Waals surface area contributed by atoms with Gasteiger partial charge in [-0.1, -0.05) is 18.9 Å². The predicted octanol–water partition coefficient (Wildman–Crippen LogP) is 3.22. The fourth-order valence-corrected chi connectivity index (χ4v) is 2.26. The molecule has 8 heteroatoms. The number of carbonyl (C=O) groups is 1. The Kier molecular flexibility index (Phi) is 5.47. The number of amides is 1. The molecule has 3 N–H and O–H groups in total. The molecule has 0 unspecified atom stereocenters. The molecule has 1 aliphatic rings. The van der Waals surface area contributed by atoms with Crippen LogP contribution in [0.25, 0.3) is 0 Å². The molecule has 1 aliphatic carbocycles. The van der Waals surface area contributed by atoms with Crippen LogP contribution in [0.3, 0.4) is 0 Å². The first-order valence-corrected chi connectivity index (χ1v) is 6.25. The highest BCUT2D eigenvalue weighted by Crippen LogP contribution is 2.29. The SMILES string of the molecule is Cl.NC1(C(=O)Nc2cccc(OC(F)(F)F)c2)CCCC1. The van der Waals surface area contributed by atoms with Gasteiger partial charge in [-0.3, -0.25) is 4.79 Å². The maximum atomic E-state index is 12.1. The number of carbonyl (C=O) groups excluding carboxylic acids is 1. The zero-order valence-electron chi connectivity index (χ0n) is 11.1. The van der Waals surface area contributed by atoms with Crippen molar-refractivity contribution >= 4 is 24.0 Å². The van der Waals surface area contributed by atoms with Crippen LogP contribution < -0.4 is 15.8 Å². The zero-order chi connectivity index (χ0) is 14.8. The molecule has 0 heterocycles. The Morgan fingerprint density at radius 1 is 1.29 bits per heavy atom. The summed E-state index contributed by atoms with van der Waals surface area (Å²) in [5, 5.41) is 2.54. The van der Waals surface area contributed by atoms with Crippen molar-refractivity contribution in [3.05, 3.63) is 24.3 Å². The third kappa shape index (κ3) is 4.78. The van der Waals surface area contributed by atoms with E-state index in [1.54, 1.807) is 0 Å². The highest BCUT2D eigenvalue weighted by Gasteiger charge is 2.37. The van der Waals surface area contributed by atoms with Crippen LogP contribution in [-0.4, -0.2) is 17.8 Å². The van der Waals surface area contributed by atoms with Crippen LogP contribution in [0.15, 0.2) is 24.3 Å². The van der Waals surface area contributed by atoms with E-state index in [0.29, 0.717) is 12.8 Å². The largest absolute Gasteiger partial charge is 0.573 e. The summed E-state index contributed by atoms with van der Waals surface area (Å²) >= 11 is 0. The van der Waals surface area contributed by atoms with Gasteiger partial charge in [-0.05, 0) is 25.0 Å². The maximum absolute atomic E-state index is 12.1. The van der Waals surface area contributed by atoms with E-state index in [2.05, 4.69) is 10.1 Å². The van der Waals surface area contributed by atoms with Gasteiger partial charge in [0.25, 0.3) is 0 Å². The lowest BCUT2D eigenvalue weighted by Crippen LogP contribution is -2.48. The van der Waals surface area contributed by atoms with Crippen LogP contribution in [0.5, 0.6) is 5.75 Å². The van der Waals surface area contributed by atoms with E-state index in [0.717, 1.165) is 25.0 Å². The molecular formula is C13H16ClF3N2O2. The monoisotopic (exact) mass is 324 g/mol. The van der Waals surface area contributed by atoms with Gasteiger partial charge in [0.15, 0.2) is 0 Å². The van der Waals surface area contributed by atoms with E-state index < -0.39 is 11.9 Å². The standard InChI is InChI=1S/C13H15F3N2O2.ClH/c14-13(15,16)20-10-5-3-4-9(8-10)18-11(19)12(17)6-1-2-7-12;/h3-5,8H,1-2,6-7,17H2,(H,18,19);1H. The van der Waals surface area contributed by atoms with Crippen molar-refractivity contribution in [1.29, 1.82) is 0 Å². The van der Waals surface area contributed by atoms with E-state index in [1.165, 1.54) is 12.1 Å². The molecule has 118 valence electrons. The van der Waals surface area contributed by atoms with Gasteiger partial charge in [0.05, 0.1) is 5.54 Å². The lowest BCUT2D eigenvalue weighted by atomic mass is 9.98. The second-order valence-corrected chi connectivity index (χ2v) is 4.89. The first-order valence-electron chi connectivity index (χ1n) is 6.25.